The number of halogens is 3. The number of aromatic carboxylic acids is 1. The zero-order valence-corrected chi connectivity index (χ0v) is 19.6. The smallest absolute Gasteiger partial charge is 0.421 e. The Labute approximate surface area is 200 Å². The van der Waals surface area contributed by atoms with Crippen LogP contribution in [0.5, 0.6) is 0 Å². The summed E-state index contributed by atoms with van der Waals surface area (Å²) in [6.07, 6.45) is -2.24. The van der Waals surface area contributed by atoms with Gasteiger partial charge in [-0.3, -0.25) is 4.79 Å². The molecule has 190 valence electrons. The van der Waals surface area contributed by atoms with E-state index < -0.39 is 35.5 Å². The van der Waals surface area contributed by atoms with E-state index in [1.165, 1.54) is 25.3 Å². The summed E-state index contributed by atoms with van der Waals surface area (Å²) >= 11 is 0. The third-order valence-corrected chi connectivity index (χ3v) is 5.59. The number of ether oxygens (including phenoxy) is 1. The highest BCUT2D eigenvalue weighted by atomic mass is 19.4. The van der Waals surface area contributed by atoms with E-state index in [0.29, 0.717) is 36.7 Å². The van der Waals surface area contributed by atoms with Gasteiger partial charge in [0.25, 0.3) is 0 Å². The Bertz CT molecular complexity index is 1080. The summed E-state index contributed by atoms with van der Waals surface area (Å²) in [7, 11) is 1.42. The highest BCUT2D eigenvalue weighted by Gasteiger charge is 2.39. The quantitative estimate of drug-likeness (QED) is 0.408. The SMILES string of the molecule is COCc1cc(Nc2ncc(C(F)(F)F)c(N[C@@H]3CCC[C@@H]3C(=O)NC(C)C)n2)ccc1C(=O)O. The standard InChI is InChI=1S/C23H28F3N5O4/c1-12(2)28-20(32)16-5-4-6-18(16)30-19-17(23(24,25)26)10-27-22(31-19)29-14-7-8-15(21(33)34)13(9-14)11-35-3/h7-10,12,16,18H,4-6,11H2,1-3H3,(H,28,32)(H,33,34)(H2,27,29,30,31)/t16-,18+/m0/s1. The first-order chi connectivity index (χ1) is 16.5. The summed E-state index contributed by atoms with van der Waals surface area (Å²) < 4.78 is 46.1. The number of hydrogen-bond donors (Lipinski definition) is 4. The van der Waals surface area contributed by atoms with Gasteiger partial charge in [0.2, 0.25) is 11.9 Å². The van der Waals surface area contributed by atoms with Crippen molar-refractivity contribution in [1.82, 2.24) is 15.3 Å². The van der Waals surface area contributed by atoms with Gasteiger partial charge in [-0.15, -0.1) is 0 Å². The van der Waals surface area contributed by atoms with E-state index in [0.717, 1.165) is 0 Å². The van der Waals surface area contributed by atoms with Gasteiger partial charge in [0, 0.05) is 31.1 Å². The van der Waals surface area contributed by atoms with Gasteiger partial charge >= 0.3 is 12.1 Å². The van der Waals surface area contributed by atoms with Crippen LogP contribution in [0.25, 0.3) is 0 Å². The highest BCUT2D eigenvalue weighted by Crippen LogP contribution is 2.37. The van der Waals surface area contributed by atoms with Crippen LogP contribution in [0.3, 0.4) is 0 Å². The van der Waals surface area contributed by atoms with Crippen molar-refractivity contribution in [2.45, 2.75) is 58.0 Å². The number of methoxy groups -OCH3 is 1. The summed E-state index contributed by atoms with van der Waals surface area (Å²) in [6, 6.07) is 3.73. The molecule has 0 bridgehead atoms. The molecule has 0 saturated heterocycles. The number of nitrogens with one attached hydrogen (secondary N) is 3. The van der Waals surface area contributed by atoms with E-state index in [1.54, 1.807) is 0 Å². The molecule has 35 heavy (non-hydrogen) atoms. The third-order valence-electron chi connectivity index (χ3n) is 5.59. The molecular weight excluding hydrogens is 467 g/mol. The number of amides is 1. The maximum absolute atomic E-state index is 13.7. The molecule has 2 atom stereocenters. The van der Waals surface area contributed by atoms with Crippen molar-refractivity contribution in [2.75, 3.05) is 17.7 Å². The van der Waals surface area contributed by atoms with Crippen LogP contribution >= 0.6 is 0 Å². The lowest BCUT2D eigenvalue weighted by atomic mass is 10.0. The van der Waals surface area contributed by atoms with E-state index in [9.17, 15) is 27.9 Å². The second-order valence-electron chi connectivity index (χ2n) is 8.64. The molecule has 3 rings (SSSR count). The van der Waals surface area contributed by atoms with Crippen LogP contribution in [-0.2, 0) is 22.3 Å². The highest BCUT2D eigenvalue weighted by molar-refractivity contribution is 5.90. The molecule has 1 heterocycles. The average Bonchev–Trinajstić information content (AvgIpc) is 3.21. The Morgan fingerprint density at radius 2 is 2.00 bits per heavy atom. The van der Waals surface area contributed by atoms with Gasteiger partial charge in [-0.25, -0.2) is 9.78 Å². The molecule has 1 amide bonds. The van der Waals surface area contributed by atoms with Gasteiger partial charge in [-0.2, -0.15) is 18.2 Å². The Morgan fingerprint density at radius 3 is 2.63 bits per heavy atom. The zero-order valence-electron chi connectivity index (χ0n) is 19.6. The fraction of sp³-hybridized carbons (Fsp3) is 0.478. The first-order valence-electron chi connectivity index (χ1n) is 11.1. The van der Waals surface area contributed by atoms with Gasteiger partial charge in [-0.1, -0.05) is 6.42 Å². The molecule has 1 fully saturated rings. The number of alkyl halides is 3. The number of nitrogens with zero attached hydrogens (tertiary/aromatic N) is 2. The second-order valence-corrected chi connectivity index (χ2v) is 8.64. The lowest BCUT2D eigenvalue weighted by molar-refractivity contribution is -0.137. The Balaban J connectivity index is 1.89. The summed E-state index contributed by atoms with van der Waals surface area (Å²) in [5, 5.41) is 17.8. The number of benzene rings is 1. The number of rotatable bonds is 9. The molecule has 4 N–H and O–H groups in total. The molecule has 9 nitrogen and oxygen atoms in total. The number of hydrogen-bond acceptors (Lipinski definition) is 7. The van der Waals surface area contributed by atoms with Crippen LogP contribution in [-0.4, -0.2) is 46.1 Å². The van der Waals surface area contributed by atoms with E-state index >= 15 is 0 Å². The number of carbonyl (C=O) groups is 2. The molecule has 2 aromatic rings. The van der Waals surface area contributed by atoms with E-state index in [-0.39, 0.29) is 30.1 Å². The average molecular weight is 496 g/mol. The molecular formula is C23H28F3N5O4. The minimum atomic E-state index is -4.70. The predicted octanol–water partition coefficient (Wildman–Crippen LogP) is 4.19. The number of carboxylic acids is 1. The first kappa shape index (κ1) is 26.2. The fourth-order valence-corrected chi connectivity index (χ4v) is 4.06. The Kier molecular flexibility index (Phi) is 8.15. The van der Waals surface area contributed by atoms with Crippen LogP contribution in [0.1, 0.15) is 54.6 Å². The first-order valence-corrected chi connectivity index (χ1v) is 11.1. The lowest BCUT2D eigenvalue weighted by Gasteiger charge is -2.24. The monoisotopic (exact) mass is 495 g/mol. The number of carboxylic acid groups (broad SMARTS) is 1. The van der Waals surface area contributed by atoms with E-state index in [2.05, 4.69) is 25.9 Å². The van der Waals surface area contributed by atoms with Crippen LogP contribution in [0, 0.1) is 5.92 Å². The van der Waals surface area contributed by atoms with E-state index in [1.807, 2.05) is 13.8 Å². The van der Waals surface area contributed by atoms with E-state index in [4.69, 9.17) is 4.74 Å². The van der Waals surface area contributed by atoms with Gasteiger partial charge in [0.1, 0.15) is 11.4 Å². The second kappa shape index (κ2) is 10.9. The van der Waals surface area contributed by atoms with Crippen LogP contribution in [0.4, 0.5) is 30.6 Å². The zero-order chi connectivity index (χ0) is 25.8. The maximum Gasteiger partial charge on any atom is 0.421 e. The topological polar surface area (TPSA) is 125 Å². The maximum atomic E-state index is 13.7. The molecule has 0 unspecified atom stereocenters. The van der Waals surface area contributed by atoms with Crippen molar-refractivity contribution < 1.29 is 32.6 Å². The van der Waals surface area contributed by atoms with Crippen LogP contribution < -0.4 is 16.0 Å². The molecule has 1 aliphatic rings. The minimum Gasteiger partial charge on any atom is -0.478 e. The van der Waals surface area contributed by atoms with Crippen LogP contribution in [0.15, 0.2) is 24.4 Å². The van der Waals surface area contributed by atoms with Crippen LogP contribution in [0.2, 0.25) is 0 Å². The number of carbonyl (C=O) groups excluding carboxylic acids is 1. The molecule has 1 saturated carbocycles. The molecule has 0 spiro atoms. The van der Waals surface area contributed by atoms with Crippen molar-refractivity contribution in [1.29, 1.82) is 0 Å². The Hall–Kier alpha value is -3.41. The third kappa shape index (κ3) is 6.59. The predicted molar refractivity (Wildman–Crippen MR) is 122 cm³/mol. The fourth-order valence-electron chi connectivity index (χ4n) is 4.06. The normalized spacial score (nSPS) is 17.9. The molecule has 0 radical (unpaired) electrons. The molecule has 0 aliphatic heterocycles. The summed E-state index contributed by atoms with van der Waals surface area (Å²) in [5.41, 5.74) is -0.248. The van der Waals surface area contributed by atoms with Gasteiger partial charge in [-0.05, 0) is 50.5 Å². The Morgan fingerprint density at radius 1 is 1.26 bits per heavy atom. The summed E-state index contributed by atoms with van der Waals surface area (Å²) in [4.78, 5) is 31.8. The minimum absolute atomic E-state index is 0.0271. The molecule has 12 heteroatoms. The molecule has 1 aromatic heterocycles. The lowest BCUT2D eigenvalue weighted by Crippen LogP contribution is -2.41. The summed E-state index contributed by atoms with van der Waals surface area (Å²) in [5.74, 6) is -2.37. The van der Waals surface area contributed by atoms with Gasteiger partial charge < -0.3 is 25.8 Å². The van der Waals surface area contributed by atoms with Gasteiger partial charge in [0.05, 0.1) is 18.1 Å². The number of anilines is 3. The summed E-state index contributed by atoms with van der Waals surface area (Å²) in [6.45, 7) is 3.67. The van der Waals surface area contributed by atoms with Crippen molar-refractivity contribution in [3.8, 4) is 0 Å². The van der Waals surface area contributed by atoms with Crippen molar-refractivity contribution in [3.05, 3.63) is 41.1 Å². The van der Waals surface area contributed by atoms with Crippen molar-refractivity contribution >= 4 is 29.3 Å². The van der Waals surface area contributed by atoms with Crippen molar-refractivity contribution in [2.24, 2.45) is 5.92 Å². The molecule has 1 aliphatic carbocycles. The van der Waals surface area contributed by atoms with Crippen molar-refractivity contribution in [3.63, 3.8) is 0 Å². The van der Waals surface area contributed by atoms with Gasteiger partial charge in [0.15, 0.2) is 0 Å². The largest absolute Gasteiger partial charge is 0.478 e. The molecule has 1 aromatic carbocycles. The number of aromatic nitrogens is 2.